The molecular formula is C9H12O3. The van der Waals surface area contributed by atoms with Crippen LogP contribution >= 0.6 is 0 Å². The molecule has 0 aromatic carbocycles. The highest BCUT2D eigenvalue weighted by molar-refractivity contribution is 5.89. The number of carbonyl (C=O) groups is 1. The minimum Gasteiger partial charge on any atom is -0.466 e. The fraction of sp³-hybridized carbons (Fsp3) is 0.667. The third kappa shape index (κ3) is 0.966. The average Bonchev–Trinajstić information content (AvgIpc) is 2.56. The van der Waals surface area contributed by atoms with E-state index in [-0.39, 0.29) is 12.6 Å². The molecule has 0 spiro atoms. The zero-order chi connectivity index (χ0) is 8.72. The SMILES string of the molecule is COC(=O)C1=CC2C(CO)C2C1. The first-order chi connectivity index (χ1) is 5.77. The van der Waals surface area contributed by atoms with Gasteiger partial charge in [0.1, 0.15) is 0 Å². The van der Waals surface area contributed by atoms with E-state index >= 15 is 0 Å². The van der Waals surface area contributed by atoms with Crippen molar-refractivity contribution >= 4 is 5.97 Å². The van der Waals surface area contributed by atoms with Gasteiger partial charge >= 0.3 is 5.97 Å². The molecule has 2 aliphatic rings. The molecule has 3 unspecified atom stereocenters. The van der Waals surface area contributed by atoms with Crippen LogP contribution in [0.5, 0.6) is 0 Å². The number of esters is 1. The molecule has 0 saturated heterocycles. The molecule has 0 aromatic rings. The summed E-state index contributed by atoms with van der Waals surface area (Å²) in [5, 5.41) is 8.85. The van der Waals surface area contributed by atoms with Gasteiger partial charge in [-0.3, -0.25) is 0 Å². The van der Waals surface area contributed by atoms with Crippen LogP contribution in [0.3, 0.4) is 0 Å². The van der Waals surface area contributed by atoms with Crippen molar-refractivity contribution in [1.82, 2.24) is 0 Å². The van der Waals surface area contributed by atoms with Crippen LogP contribution in [0.4, 0.5) is 0 Å². The zero-order valence-corrected chi connectivity index (χ0v) is 6.99. The van der Waals surface area contributed by atoms with Gasteiger partial charge < -0.3 is 9.84 Å². The van der Waals surface area contributed by atoms with Crippen molar-refractivity contribution in [3.63, 3.8) is 0 Å². The van der Waals surface area contributed by atoms with Crippen LogP contribution < -0.4 is 0 Å². The van der Waals surface area contributed by atoms with E-state index in [2.05, 4.69) is 4.74 Å². The maximum absolute atomic E-state index is 11.0. The molecule has 0 aliphatic heterocycles. The number of ether oxygens (including phenoxy) is 1. The summed E-state index contributed by atoms with van der Waals surface area (Å²) >= 11 is 0. The van der Waals surface area contributed by atoms with Gasteiger partial charge in [0.05, 0.1) is 7.11 Å². The maximum atomic E-state index is 11.0. The molecule has 3 nitrogen and oxygen atoms in total. The fourth-order valence-corrected chi connectivity index (χ4v) is 2.10. The van der Waals surface area contributed by atoms with Crippen LogP contribution in [0, 0.1) is 17.8 Å². The lowest BCUT2D eigenvalue weighted by molar-refractivity contribution is -0.136. The van der Waals surface area contributed by atoms with Gasteiger partial charge in [-0.15, -0.1) is 0 Å². The minimum atomic E-state index is -0.209. The first-order valence-corrected chi connectivity index (χ1v) is 4.17. The van der Waals surface area contributed by atoms with Crippen LogP contribution in [0.1, 0.15) is 6.42 Å². The second-order valence-corrected chi connectivity index (χ2v) is 3.48. The summed E-state index contributed by atoms with van der Waals surface area (Å²) in [4.78, 5) is 11.0. The van der Waals surface area contributed by atoms with Crippen molar-refractivity contribution in [2.24, 2.45) is 17.8 Å². The van der Waals surface area contributed by atoms with E-state index in [1.165, 1.54) is 7.11 Å². The summed E-state index contributed by atoms with van der Waals surface area (Å²) in [6.07, 6.45) is 2.75. The van der Waals surface area contributed by atoms with Crippen molar-refractivity contribution < 1.29 is 14.6 Å². The number of hydrogen-bond acceptors (Lipinski definition) is 3. The van der Waals surface area contributed by atoms with Gasteiger partial charge in [-0.1, -0.05) is 6.08 Å². The normalized spacial score (nSPS) is 37.2. The highest BCUT2D eigenvalue weighted by atomic mass is 16.5. The highest BCUT2D eigenvalue weighted by Crippen LogP contribution is 2.55. The molecule has 1 fully saturated rings. The summed E-state index contributed by atoms with van der Waals surface area (Å²) in [6.45, 7) is 0.250. The number of hydrogen-bond donors (Lipinski definition) is 1. The Hall–Kier alpha value is -0.830. The van der Waals surface area contributed by atoms with Crippen LogP contribution in [-0.4, -0.2) is 24.8 Å². The van der Waals surface area contributed by atoms with Crippen LogP contribution in [0.25, 0.3) is 0 Å². The second-order valence-electron chi connectivity index (χ2n) is 3.48. The molecule has 0 radical (unpaired) electrons. The second kappa shape index (κ2) is 2.59. The Kier molecular flexibility index (Phi) is 1.68. The number of rotatable bonds is 2. The van der Waals surface area contributed by atoms with E-state index in [4.69, 9.17) is 5.11 Å². The molecule has 3 atom stereocenters. The first kappa shape index (κ1) is 7.80. The number of carbonyl (C=O) groups excluding carboxylic acids is 1. The molecule has 12 heavy (non-hydrogen) atoms. The standard InChI is InChI=1S/C9H12O3/c1-12-9(11)5-2-6-7(3-5)8(6)4-10/h2,6-8,10H,3-4H2,1H3. The zero-order valence-electron chi connectivity index (χ0n) is 6.99. The van der Waals surface area contributed by atoms with Gasteiger partial charge in [-0.2, -0.15) is 0 Å². The molecule has 2 rings (SSSR count). The van der Waals surface area contributed by atoms with Crippen molar-refractivity contribution in [1.29, 1.82) is 0 Å². The smallest absolute Gasteiger partial charge is 0.333 e. The Labute approximate surface area is 71.0 Å². The average molecular weight is 168 g/mol. The van der Waals surface area contributed by atoms with Crippen LogP contribution in [0.15, 0.2) is 11.6 Å². The molecular weight excluding hydrogens is 156 g/mol. The summed E-state index contributed by atoms with van der Waals surface area (Å²) in [5.74, 6) is 1.17. The van der Waals surface area contributed by atoms with E-state index in [0.717, 1.165) is 12.0 Å². The number of aliphatic hydroxyl groups excluding tert-OH is 1. The summed E-state index contributed by atoms with van der Waals surface area (Å²) < 4.78 is 4.60. The minimum absolute atomic E-state index is 0.209. The Morgan fingerprint density at radius 3 is 3.00 bits per heavy atom. The quantitative estimate of drug-likeness (QED) is 0.605. The largest absolute Gasteiger partial charge is 0.466 e. The van der Waals surface area contributed by atoms with Crippen molar-refractivity contribution in [2.45, 2.75) is 6.42 Å². The van der Waals surface area contributed by atoms with Gasteiger partial charge in [0, 0.05) is 12.2 Å². The van der Waals surface area contributed by atoms with E-state index < -0.39 is 0 Å². The van der Waals surface area contributed by atoms with Crippen molar-refractivity contribution in [3.8, 4) is 0 Å². The third-order valence-electron chi connectivity index (χ3n) is 2.91. The summed E-state index contributed by atoms with van der Waals surface area (Å²) in [6, 6.07) is 0. The van der Waals surface area contributed by atoms with Gasteiger partial charge in [-0.25, -0.2) is 4.79 Å². The molecule has 1 N–H and O–H groups in total. The lowest BCUT2D eigenvalue weighted by atomic mass is 10.1. The van der Waals surface area contributed by atoms with E-state index in [1.54, 1.807) is 0 Å². The van der Waals surface area contributed by atoms with E-state index in [1.807, 2.05) is 6.08 Å². The Morgan fingerprint density at radius 2 is 2.58 bits per heavy atom. The Balaban J connectivity index is 1.99. The summed E-state index contributed by atoms with van der Waals surface area (Å²) in [5.41, 5.74) is 0.789. The summed E-state index contributed by atoms with van der Waals surface area (Å²) in [7, 11) is 1.40. The Morgan fingerprint density at radius 1 is 1.83 bits per heavy atom. The molecule has 66 valence electrons. The third-order valence-corrected chi connectivity index (χ3v) is 2.91. The van der Waals surface area contributed by atoms with Crippen LogP contribution in [-0.2, 0) is 9.53 Å². The van der Waals surface area contributed by atoms with Gasteiger partial charge in [0.2, 0.25) is 0 Å². The fourth-order valence-electron chi connectivity index (χ4n) is 2.10. The van der Waals surface area contributed by atoms with Crippen molar-refractivity contribution in [3.05, 3.63) is 11.6 Å². The maximum Gasteiger partial charge on any atom is 0.333 e. The number of aliphatic hydroxyl groups is 1. The monoisotopic (exact) mass is 168 g/mol. The first-order valence-electron chi connectivity index (χ1n) is 4.17. The molecule has 0 bridgehead atoms. The molecule has 2 aliphatic carbocycles. The predicted octanol–water partition coefficient (Wildman–Crippen LogP) is 0.344. The number of methoxy groups -OCH3 is 1. The molecule has 3 heteroatoms. The van der Waals surface area contributed by atoms with Gasteiger partial charge in [0.15, 0.2) is 0 Å². The molecule has 0 heterocycles. The van der Waals surface area contributed by atoms with E-state index in [9.17, 15) is 4.79 Å². The molecule has 0 aromatic heterocycles. The molecule has 1 saturated carbocycles. The molecule has 0 amide bonds. The highest BCUT2D eigenvalue weighted by Gasteiger charge is 2.52. The lowest BCUT2D eigenvalue weighted by Gasteiger charge is -2.01. The lowest BCUT2D eigenvalue weighted by Crippen LogP contribution is -2.05. The van der Waals surface area contributed by atoms with E-state index in [0.29, 0.717) is 17.8 Å². The van der Waals surface area contributed by atoms with Crippen LogP contribution in [0.2, 0.25) is 0 Å². The van der Waals surface area contributed by atoms with Gasteiger partial charge in [-0.05, 0) is 24.2 Å². The topological polar surface area (TPSA) is 46.5 Å². The Bertz CT molecular complexity index is 244. The number of fused-ring (bicyclic) bond motifs is 1. The number of allylic oxidation sites excluding steroid dienone is 1. The van der Waals surface area contributed by atoms with Gasteiger partial charge in [0.25, 0.3) is 0 Å². The predicted molar refractivity (Wildman–Crippen MR) is 42.3 cm³/mol. The van der Waals surface area contributed by atoms with Crippen molar-refractivity contribution in [2.75, 3.05) is 13.7 Å².